The summed E-state index contributed by atoms with van der Waals surface area (Å²) >= 11 is 6.37. The van der Waals surface area contributed by atoms with E-state index in [0.717, 1.165) is 56.1 Å². The first-order valence-electron chi connectivity index (χ1n) is 11.3. The molecular weight excluding hydrogens is 411 g/mol. The van der Waals surface area contributed by atoms with Crippen LogP contribution in [0.2, 0.25) is 5.02 Å². The first-order chi connectivity index (χ1) is 14.6. The van der Waals surface area contributed by atoms with Crippen LogP contribution in [0.3, 0.4) is 0 Å². The monoisotopic (exact) mass is 446 g/mol. The highest BCUT2D eigenvalue weighted by molar-refractivity contribution is 6.32. The molecule has 0 unspecified atom stereocenters. The fourth-order valence-electron chi connectivity index (χ4n) is 4.41. The Balaban J connectivity index is 2.21. The Morgan fingerprint density at radius 3 is 2.58 bits per heavy atom. The highest BCUT2D eigenvalue weighted by Crippen LogP contribution is 2.46. The minimum atomic E-state index is -0.430. The van der Waals surface area contributed by atoms with E-state index in [-0.39, 0.29) is 16.0 Å². The van der Waals surface area contributed by atoms with Crippen LogP contribution in [-0.2, 0) is 4.74 Å². The van der Waals surface area contributed by atoms with Crippen LogP contribution in [0, 0.1) is 5.41 Å². The van der Waals surface area contributed by atoms with Crippen molar-refractivity contribution in [1.29, 1.82) is 0 Å². The standard InChI is InChI=1S/C27H36ClFO2/c1-7-8-9-10-16-31-26(30)21-13-14-22(23(28)17-21)25(29)20(4)19(3)24-18(2)12-11-15-27(24,5)6/h13-14,17H,3,7-12,15-16H2,1-2,4-6H3. The minimum Gasteiger partial charge on any atom is -0.462 e. The lowest BCUT2D eigenvalue weighted by Gasteiger charge is -2.36. The van der Waals surface area contributed by atoms with Gasteiger partial charge in [-0.2, -0.15) is 0 Å². The normalized spacial score (nSPS) is 16.7. The summed E-state index contributed by atoms with van der Waals surface area (Å²) < 4.78 is 20.7. The zero-order chi connectivity index (χ0) is 23.2. The summed E-state index contributed by atoms with van der Waals surface area (Å²) in [6.07, 6.45) is 7.35. The second-order valence-corrected chi connectivity index (χ2v) is 9.61. The van der Waals surface area contributed by atoms with Crippen LogP contribution in [0.15, 0.2) is 47.1 Å². The molecule has 4 heteroatoms. The molecule has 1 aromatic rings. The van der Waals surface area contributed by atoms with Gasteiger partial charge in [-0.3, -0.25) is 0 Å². The van der Waals surface area contributed by atoms with E-state index in [1.807, 2.05) is 0 Å². The third kappa shape index (κ3) is 6.32. The number of hydrogen-bond donors (Lipinski definition) is 0. The maximum absolute atomic E-state index is 15.4. The molecule has 0 spiro atoms. The van der Waals surface area contributed by atoms with E-state index in [1.165, 1.54) is 11.6 Å². The SMILES string of the molecule is C=C(C(C)=C(F)c1ccc(C(=O)OCCCCCC)cc1Cl)C1=C(C)CCCC1(C)C. The molecule has 31 heavy (non-hydrogen) atoms. The number of halogens is 2. The molecule has 0 bridgehead atoms. The van der Waals surface area contributed by atoms with Crippen molar-refractivity contribution in [3.05, 3.63) is 63.2 Å². The van der Waals surface area contributed by atoms with Gasteiger partial charge in [-0.15, -0.1) is 0 Å². The Bertz CT molecular complexity index is 892. The number of esters is 1. The molecule has 2 nitrogen and oxygen atoms in total. The first kappa shape index (κ1) is 25.4. The molecule has 0 saturated heterocycles. The molecule has 0 aromatic heterocycles. The van der Waals surface area contributed by atoms with Crippen molar-refractivity contribution in [3.8, 4) is 0 Å². The van der Waals surface area contributed by atoms with Crippen molar-refractivity contribution in [2.24, 2.45) is 5.41 Å². The first-order valence-corrected chi connectivity index (χ1v) is 11.7. The quantitative estimate of drug-likeness (QED) is 0.215. The lowest BCUT2D eigenvalue weighted by molar-refractivity contribution is 0.0498. The molecule has 0 atom stereocenters. The number of carbonyl (C=O) groups excluding carboxylic acids is 1. The third-order valence-corrected chi connectivity index (χ3v) is 6.53. The summed E-state index contributed by atoms with van der Waals surface area (Å²) in [5.41, 5.74) is 4.20. The Morgan fingerprint density at radius 1 is 1.26 bits per heavy atom. The van der Waals surface area contributed by atoms with E-state index in [0.29, 0.717) is 17.7 Å². The summed E-state index contributed by atoms with van der Waals surface area (Å²) in [5, 5.41) is 0.193. The van der Waals surface area contributed by atoms with Gasteiger partial charge in [0.25, 0.3) is 0 Å². The van der Waals surface area contributed by atoms with Crippen LogP contribution < -0.4 is 0 Å². The molecule has 0 aliphatic heterocycles. The molecule has 1 aromatic carbocycles. The lowest BCUT2D eigenvalue weighted by Crippen LogP contribution is -2.22. The highest BCUT2D eigenvalue weighted by atomic mass is 35.5. The van der Waals surface area contributed by atoms with Crippen LogP contribution in [0.4, 0.5) is 4.39 Å². The van der Waals surface area contributed by atoms with Crippen molar-refractivity contribution in [2.75, 3.05) is 6.61 Å². The molecule has 2 rings (SSSR count). The van der Waals surface area contributed by atoms with Gasteiger partial charge in [-0.25, -0.2) is 9.18 Å². The van der Waals surface area contributed by atoms with Crippen molar-refractivity contribution < 1.29 is 13.9 Å². The topological polar surface area (TPSA) is 26.3 Å². The maximum atomic E-state index is 15.4. The van der Waals surface area contributed by atoms with E-state index < -0.39 is 11.8 Å². The maximum Gasteiger partial charge on any atom is 0.338 e. The van der Waals surface area contributed by atoms with Crippen LogP contribution in [0.1, 0.15) is 95.5 Å². The highest BCUT2D eigenvalue weighted by Gasteiger charge is 2.31. The zero-order valence-corrected chi connectivity index (χ0v) is 20.4. The number of hydrogen-bond acceptors (Lipinski definition) is 2. The fraction of sp³-hybridized carbons (Fsp3) is 0.519. The molecule has 0 N–H and O–H groups in total. The molecular formula is C27H36ClFO2. The average Bonchev–Trinajstić information content (AvgIpc) is 2.71. The molecule has 0 heterocycles. The van der Waals surface area contributed by atoms with Gasteiger partial charge in [0, 0.05) is 5.56 Å². The van der Waals surface area contributed by atoms with Crippen LogP contribution in [0.25, 0.3) is 5.83 Å². The number of allylic oxidation sites excluding steroid dienone is 4. The number of benzene rings is 1. The van der Waals surface area contributed by atoms with Gasteiger partial charge >= 0.3 is 5.97 Å². The summed E-state index contributed by atoms with van der Waals surface area (Å²) in [7, 11) is 0. The van der Waals surface area contributed by atoms with Gasteiger partial charge < -0.3 is 4.74 Å². The second-order valence-electron chi connectivity index (χ2n) is 9.20. The Labute approximate surface area is 192 Å². The molecule has 0 radical (unpaired) electrons. The van der Waals surface area contributed by atoms with Crippen molar-refractivity contribution >= 4 is 23.4 Å². The number of ether oxygens (including phenoxy) is 1. The molecule has 170 valence electrons. The molecule has 0 saturated carbocycles. The summed E-state index contributed by atoms with van der Waals surface area (Å²) in [6, 6.07) is 4.60. The molecule has 0 fully saturated rings. The van der Waals surface area contributed by atoms with Crippen molar-refractivity contribution in [3.63, 3.8) is 0 Å². The minimum absolute atomic E-state index is 0.0322. The van der Waals surface area contributed by atoms with Gasteiger partial charge in [0.05, 0.1) is 17.2 Å². The van der Waals surface area contributed by atoms with E-state index in [9.17, 15) is 4.79 Å². The number of rotatable bonds is 9. The Morgan fingerprint density at radius 2 is 1.97 bits per heavy atom. The van der Waals surface area contributed by atoms with E-state index in [1.54, 1.807) is 19.1 Å². The van der Waals surface area contributed by atoms with Gasteiger partial charge in [0.1, 0.15) is 5.83 Å². The summed E-state index contributed by atoms with van der Waals surface area (Å²) in [4.78, 5) is 12.3. The van der Waals surface area contributed by atoms with Gasteiger partial charge in [-0.1, -0.05) is 63.8 Å². The van der Waals surface area contributed by atoms with Crippen LogP contribution in [-0.4, -0.2) is 12.6 Å². The predicted molar refractivity (Wildman–Crippen MR) is 129 cm³/mol. The van der Waals surface area contributed by atoms with Gasteiger partial charge in [0.15, 0.2) is 0 Å². The molecule has 1 aliphatic rings. The number of unbranched alkanes of at least 4 members (excludes halogenated alkanes) is 3. The third-order valence-electron chi connectivity index (χ3n) is 6.21. The Hall–Kier alpha value is -1.87. The Kier molecular flexibility index (Phi) is 9.12. The van der Waals surface area contributed by atoms with Crippen LogP contribution >= 0.6 is 11.6 Å². The molecule has 0 amide bonds. The van der Waals surface area contributed by atoms with E-state index >= 15 is 4.39 Å². The lowest BCUT2D eigenvalue weighted by atomic mass is 9.69. The summed E-state index contributed by atoms with van der Waals surface area (Å²) in [6.45, 7) is 15.0. The predicted octanol–water partition coefficient (Wildman–Crippen LogP) is 8.86. The average molecular weight is 447 g/mol. The van der Waals surface area contributed by atoms with Crippen molar-refractivity contribution in [1.82, 2.24) is 0 Å². The largest absolute Gasteiger partial charge is 0.462 e. The van der Waals surface area contributed by atoms with Gasteiger partial charge in [-0.05, 0) is 79.9 Å². The van der Waals surface area contributed by atoms with E-state index in [4.69, 9.17) is 16.3 Å². The number of carbonyl (C=O) groups is 1. The van der Waals surface area contributed by atoms with Gasteiger partial charge in [0.2, 0.25) is 0 Å². The van der Waals surface area contributed by atoms with Crippen molar-refractivity contribution in [2.45, 2.75) is 79.6 Å². The van der Waals surface area contributed by atoms with E-state index in [2.05, 4.69) is 34.3 Å². The zero-order valence-electron chi connectivity index (χ0n) is 19.7. The second kappa shape index (κ2) is 11.1. The smallest absolute Gasteiger partial charge is 0.338 e. The molecule has 1 aliphatic carbocycles. The van der Waals surface area contributed by atoms with Crippen LogP contribution in [0.5, 0.6) is 0 Å². The summed E-state index contributed by atoms with van der Waals surface area (Å²) in [5.74, 6) is -0.837. The fourth-order valence-corrected chi connectivity index (χ4v) is 4.67.